The van der Waals surface area contributed by atoms with E-state index in [0.717, 1.165) is 11.1 Å². The highest BCUT2D eigenvalue weighted by molar-refractivity contribution is 5.87. The number of fused-ring (bicyclic) bond motifs is 5. The first-order valence-corrected chi connectivity index (χ1v) is 27.0. The Morgan fingerprint density at radius 1 is 0.689 bits per heavy atom. The fourth-order valence-electron chi connectivity index (χ4n) is 14.6. The van der Waals surface area contributed by atoms with Crippen molar-refractivity contribution in [3.63, 3.8) is 0 Å². The molecule has 8 aliphatic rings. The molecule has 24 atom stereocenters. The summed E-state index contributed by atoms with van der Waals surface area (Å²) >= 11 is 0. The van der Waals surface area contributed by atoms with E-state index >= 15 is 0 Å². The zero-order valence-corrected chi connectivity index (χ0v) is 44.5. The van der Waals surface area contributed by atoms with Gasteiger partial charge >= 0.3 is 5.97 Å². The largest absolute Gasteiger partial charge is 0.458 e. The molecule has 0 bridgehead atoms. The van der Waals surface area contributed by atoms with Gasteiger partial charge in [-0.15, -0.1) is 0 Å². The normalized spacial score (nSPS) is 48.5. The van der Waals surface area contributed by atoms with E-state index in [1.165, 1.54) is 20.1 Å². The lowest BCUT2D eigenvalue weighted by Crippen LogP contribution is -2.75. The zero-order valence-electron chi connectivity index (χ0n) is 44.5. The third-order valence-corrected chi connectivity index (χ3v) is 18.8. The minimum atomic E-state index is -1.70. The highest BCUT2D eigenvalue weighted by Gasteiger charge is 2.77. The van der Waals surface area contributed by atoms with Gasteiger partial charge in [-0.1, -0.05) is 55.8 Å². The van der Waals surface area contributed by atoms with Crippen LogP contribution in [0.4, 0.5) is 0 Å². The number of benzene rings is 1. The van der Waals surface area contributed by atoms with E-state index in [9.17, 15) is 35.1 Å². The van der Waals surface area contributed by atoms with Crippen molar-refractivity contribution in [2.45, 2.75) is 241 Å². The van der Waals surface area contributed by atoms with Crippen molar-refractivity contribution in [1.29, 1.82) is 0 Å². The van der Waals surface area contributed by atoms with E-state index in [-0.39, 0.29) is 50.4 Å². The van der Waals surface area contributed by atoms with Crippen LogP contribution in [0, 0.1) is 22.7 Å². The first kappa shape index (κ1) is 56.0. The van der Waals surface area contributed by atoms with Gasteiger partial charge in [0.05, 0.1) is 54.9 Å². The number of hydrogen-bond donors (Lipinski definition) is 5. The number of ketones is 1. The average Bonchev–Trinajstić information content (AvgIpc) is 3.68. The van der Waals surface area contributed by atoms with Gasteiger partial charge in [0.25, 0.3) is 0 Å². The van der Waals surface area contributed by atoms with E-state index in [0.29, 0.717) is 32.1 Å². The summed E-state index contributed by atoms with van der Waals surface area (Å²) in [6.07, 6.45) is -2.99. The summed E-state index contributed by atoms with van der Waals surface area (Å²) in [6.45, 7) is 12.7. The lowest BCUT2D eigenvalue weighted by molar-refractivity contribution is -0.345. The number of carbonyl (C=O) groups excluding carboxylic acids is 2. The summed E-state index contributed by atoms with van der Waals surface area (Å²) in [5, 5.41) is 59.0. The Morgan fingerprint density at radius 3 is 1.84 bits per heavy atom. The third-order valence-electron chi connectivity index (χ3n) is 18.8. The van der Waals surface area contributed by atoms with Crippen LogP contribution in [0.15, 0.2) is 48.1 Å². The Bertz CT molecular complexity index is 2150. The molecule has 3 saturated carbocycles. The number of aliphatic hydroxyl groups is 5. The van der Waals surface area contributed by atoms with Crippen LogP contribution in [-0.2, 0) is 61.7 Å². The van der Waals surface area contributed by atoms with Crippen LogP contribution in [0.25, 0.3) is 6.08 Å². The van der Waals surface area contributed by atoms with E-state index < -0.39 is 144 Å². The molecule has 1 aromatic rings. The van der Waals surface area contributed by atoms with Gasteiger partial charge in [0.1, 0.15) is 47.5 Å². The van der Waals surface area contributed by atoms with Gasteiger partial charge in [0.2, 0.25) is 0 Å². The second-order valence-corrected chi connectivity index (χ2v) is 23.1. The Balaban J connectivity index is 0.787. The maximum Gasteiger partial charge on any atom is 0.331 e. The molecule has 9 rings (SSSR count). The number of aliphatic hydroxyl groups excluding tert-OH is 3. The van der Waals surface area contributed by atoms with Crippen LogP contribution in [0.3, 0.4) is 0 Å². The van der Waals surface area contributed by atoms with Crippen LogP contribution < -0.4 is 0 Å². The number of Topliss-reactive ketones (excluding diaryl/α,β-unsaturated/α-hetero) is 1. The van der Waals surface area contributed by atoms with Crippen LogP contribution in [0.1, 0.15) is 125 Å². The molecular weight excluding hydrogens is 961 g/mol. The molecule has 74 heavy (non-hydrogen) atoms. The molecule has 4 aliphatic heterocycles. The van der Waals surface area contributed by atoms with Gasteiger partial charge < -0.3 is 77.6 Å². The van der Waals surface area contributed by atoms with E-state index in [1.54, 1.807) is 27.0 Å². The second-order valence-electron chi connectivity index (χ2n) is 23.1. The van der Waals surface area contributed by atoms with Gasteiger partial charge in [-0.25, -0.2) is 4.79 Å². The van der Waals surface area contributed by atoms with Crippen molar-refractivity contribution < 1.29 is 87.2 Å². The number of esters is 1. The maximum absolute atomic E-state index is 13.6. The first-order chi connectivity index (χ1) is 35.1. The minimum absolute atomic E-state index is 0.100. The molecule has 4 saturated heterocycles. The summed E-state index contributed by atoms with van der Waals surface area (Å²) < 4.78 is 68.1. The molecule has 0 spiro atoms. The van der Waals surface area contributed by atoms with E-state index in [4.69, 9.17) is 52.1 Å². The molecular formula is C56H82O18. The summed E-state index contributed by atoms with van der Waals surface area (Å²) in [5.41, 5.74) is -3.13. The number of rotatable bonds is 14. The smallest absolute Gasteiger partial charge is 0.331 e. The van der Waals surface area contributed by atoms with Crippen molar-refractivity contribution >= 4 is 17.8 Å². The Hall–Kier alpha value is -2.76. The number of methoxy groups -OCH3 is 2. The minimum Gasteiger partial charge on any atom is -0.458 e. The molecule has 0 amide bonds. The Labute approximate surface area is 435 Å². The van der Waals surface area contributed by atoms with Gasteiger partial charge in [0, 0.05) is 63.2 Å². The van der Waals surface area contributed by atoms with E-state index in [2.05, 4.69) is 6.92 Å². The zero-order chi connectivity index (χ0) is 53.1. The Kier molecular flexibility index (Phi) is 16.8. The van der Waals surface area contributed by atoms with Crippen molar-refractivity contribution in [3.05, 3.63) is 53.6 Å². The first-order valence-electron chi connectivity index (χ1n) is 27.0. The summed E-state index contributed by atoms with van der Waals surface area (Å²) in [4.78, 5) is 26.8. The topological polar surface area (TPSA) is 237 Å². The highest BCUT2D eigenvalue weighted by atomic mass is 16.8. The fraction of sp³-hybridized carbons (Fsp3) is 0.786. The van der Waals surface area contributed by atoms with Crippen molar-refractivity contribution in [2.24, 2.45) is 22.7 Å². The highest BCUT2D eigenvalue weighted by Crippen LogP contribution is 2.70. The molecule has 4 heterocycles. The molecule has 18 heteroatoms. The molecule has 414 valence electrons. The SMILES string of the molecule is CO[C@@H]1C[C@H](O[C@H]2[C@@H](O)C[C@H](O[C@@H]3[C@@H](C)O[C@@H](O[C@H]4[C@@H](O)C[C@H](O[C@H]5CC[C@@]6(C)C(=CC[C@]7(O)[C@@H]6C[C@@H](OC(=O)C=Cc6ccccc6)[C@]6(C)[C@H](C(C)=O)CC[C@@]67O)C5)O[C@@H]4C)C[C@H]3OC)O[C@@H]2C)O[C@H](C)[C@H]1O. The summed E-state index contributed by atoms with van der Waals surface area (Å²) in [7, 11) is 3.12. The summed E-state index contributed by atoms with van der Waals surface area (Å²) in [6, 6.07) is 9.42. The molecule has 0 aromatic heterocycles. The van der Waals surface area contributed by atoms with Gasteiger partial charge in [-0.05, 0) is 96.6 Å². The van der Waals surface area contributed by atoms with Gasteiger partial charge in [-0.2, -0.15) is 0 Å². The number of hydrogen-bond acceptors (Lipinski definition) is 18. The molecule has 0 unspecified atom stereocenters. The molecule has 0 radical (unpaired) electrons. The fourth-order valence-corrected chi connectivity index (χ4v) is 14.6. The third kappa shape index (κ3) is 10.4. The monoisotopic (exact) mass is 1040 g/mol. The number of carbonyl (C=O) groups is 2. The van der Waals surface area contributed by atoms with Gasteiger partial charge in [-0.3, -0.25) is 4.79 Å². The predicted octanol–water partition coefficient (Wildman–Crippen LogP) is 4.81. The van der Waals surface area contributed by atoms with Crippen LogP contribution in [0.5, 0.6) is 0 Å². The maximum atomic E-state index is 13.6. The van der Waals surface area contributed by atoms with Crippen molar-refractivity contribution in [3.8, 4) is 0 Å². The molecule has 5 N–H and O–H groups in total. The number of ether oxygens (including phenoxy) is 11. The summed E-state index contributed by atoms with van der Waals surface area (Å²) in [5.74, 6) is -1.75. The lowest BCUT2D eigenvalue weighted by atomic mass is 9.43. The van der Waals surface area contributed by atoms with Crippen LogP contribution in [-0.4, -0.2) is 173 Å². The van der Waals surface area contributed by atoms with E-state index in [1.807, 2.05) is 57.2 Å². The van der Waals surface area contributed by atoms with Crippen LogP contribution in [0.2, 0.25) is 0 Å². The molecule has 4 aliphatic carbocycles. The lowest BCUT2D eigenvalue weighted by Gasteiger charge is -2.66. The van der Waals surface area contributed by atoms with Crippen molar-refractivity contribution in [2.75, 3.05) is 14.2 Å². The molecule has 18 nitrogen and oxygen atoms in total. The molecule has 7 fully saturated rings. The second kappa shape index (κ2) is 22.2. The quantitative estimate of drug-likeness (QED) is 0.0955. The van der Waals surface area contributed by atoms with Crippen molar-refractivity contribution in [1.82, 2.24) is 0 Å². The van der Waals surface area contributed by atoms with Crippen LogP contribution >= 0.6 is 0 Å². The predicted molar refractivity (Wildman–Crippen MR) is 264 cm³/mol. The average molecular weight is 1040 g/mol. The molecule has 1 aromatic carbocycles. The standard InChI is InChI=1S/C56H82O18/c1-29(57)37-19-22-56(63)54(37,7)43(71-44(60)16-15-34-13-11-10-12-14-34)28-42-53(6)20-18-36(23-35(53)17-21-55(42,56)62)70-45-24-38(58)50(31(3)67-45)73-48-27-41(65-9)52(33(5)69-48)74-46-25-39(59)51(32(4)68-46)72-47-26-40(64-8)49(61)30(2)66-47/h10-17,30-33,36-43,45-52,58-59,61-63H,18-28H2,1-9H3/t30-,31-,32-,33-,36+,37+,38+,39+,40-,41-,42-,43-,45+,46+,47+,48+,49-,50-,51-,52-,53+,54+,55+,56-/m1/s1. The Morgan fingerprint density at radius 2 is 1.24 bits per heavy atom. The van der Waals surface area contributed by atoms with Gasteiger partial charge in [0.15, 0.2) is 25.2 Å².